The van der Waals surface area contributed by atoms with Crippen LogP contribution >= 0.6 is 15.9 Å². The normalized spacial score (nSPS) is 10.2. The Labute approximate surface area is 118 Å². The highest BCUT2D eigenvalue weighted by atomic mass is 79.9. The molecule has 5 heteroatoms. The van der Waals surface area contributed by atoms with Crippen LogP contribution in [0.5, 0.6) is 5.75 Å². The summed E-state index contributed by atoms with van der Waals surface area (Å²) in [7, 11) is 0. The summed E-state index contributed by atoms with van der Waals surface area (Å²) in [6.45, 7) is 0.140. The Balaban J connectivity index is 2.08. The summed E-state index contributed by atoms with van der Waals surface area (Å²) < 4.78 is 14.1. The molecule has 2 aromatic rings. The van der Waals surface area contributed by atoms with E-state index in [0.29, 0.717) is 10.0 Å². The number of aromatic hydroxyl groups is 1. The Kier molecular flexibility index (Phi) is 4.16. The molecule has 3 nitrogen and oxygen atoms in total. The first kappa shape index (κ1) is 13.5. The summed E-state index contributed by atoms with van der Waals surface area (Å²) >= 11 is 3.13. The second-order valence-electron chi connectivity index (χ2n) is 3.94. The van der Waals surface area contributed by atoms with Crippen molar-refractivity contribution in [3.8, 4) is 5.75 Å². The van der Waals surface area contributed by atoms with Gasteiger partial charge in [-0.25, -0.2) is 4.39 Å². The highest BCUT2D eigenvalue weighted by molar-refractivity contribution is 9.10. The summed E-state index contributed by atoms with van der Waals surface area (Å²) in [6.07, 6.45) is 0. The predicted octanol–water partition coefficient (Wildman–Crippen LogP) is 3.22. The largest absolute Gasteiger partial charge is 0.508 e. The fourth-order valence-corrected chi connectivity index (χ4v) is 1.94. The standard InChI is InChI=1S/C14H11BrFNO2/c15-10-5-6-11(12(16)7-10)14(19)17-8-9-3-1-2-4-13(9)18/h1-7,18H,8H2,(H,17,19). The smallest absolute Gasteiger partial charge is 0.254 e. The number of carbonyl (C=O) groups excluding carboxylic acids is 1. The molecule has 2 aromatic carbocycles. The van der Waals surface area contributed by atoms with Gasteiger partial charge in [-0.1, -0.05) is 34.1 Å². The van der Waals surface area contributed by atoms with E-state index in [-0.39, 0.29) is 17.9 Å². The number of hydrogen-bond acceptors (Lipinski definition) is 2. The molecule has 0 saturated carbocycles. The Morgan fingerprint density at radius 3 is 2.68 bits per heavy atom. The van der Waals surface area contributed by atoms with Gasteiger partial charge in [-0.3, -0.25) is 4.79 Å². The van der Waals surface area contributed by atoms with Crippen molar-refractivity contribution >= 4 is 21.8 Å². The van der Waals surface area contributed by atoms with Gasteiger partial charge in [-0.05, 0) is 24.3 Å². The van der Waals surface area contributed by atoms with E-state index < -0.39 is 11.7 Å². The monoisotopic (exact) mass is 323 g/mol. The Morgan fingerprint density at radius 1 is 1.26 bits per heavy atom. The van der Waals surface area contributed by atoms with Gasteiger partial charge in [-0.15, -0.1) is 0 Å². The lowest BCUT2D eigenvalue weighted by Crippen LogP contribution is -2.23. The minimum absolute atomic E-state index is 0.0291. The van der Waals surface area contributed by atoms with Crippen molar-refractivity contribution in [2.75, 3.05) is 0 Å². The van der Waals surface area contributed by atoms with Crippen molar-refractivity contribution in [1.82, 2.24) is 5.32 Å². The highest BCUT2D eigenvalue weighted by Crippen LogP contribution is 2.17. The number of benzene rings is 2. The van der Waals surface area contributed by atoms with Crippen LogP contribution in [0.15, 0.2) is 46.9 Å². The molecule has 0 aliphatic heterocycles. The minimum Gasteiger partial charge on any atom is -0.508 e. The molecule has 0 aliphatic carbocycles. The maximum absolute atomic E-state index is 13.6. The quantitative estimate of drug-likeness (QED) is 0.911. The Bertz CT molecular complexity index is 616. The molecule has 98 valence electrons. The molecule has 0 fully saturated rings. The molecule has 0 heterocycles. The number of halogens is 2. The van der Waals surface area contributed by atoms with Crippen molar-refractivity contribution in [2.45, 2.75) is 6.54 Å². The van der Waals surface area contributed by atoms with Gasteiger partial charge in [0.25, 0.3) is 5.91 Å². The van der Waals surface area contributed by atoms with E-state index in [0.717, 1.165) is 0 Å². The number of hydrogen-bond donors (Lipinski definition) is 2. The van der Waals surface area contributed by atoms with Crippen molar-refractivity contribution in [3.05, 3.63) is 63.9 Å². The van der Waals surface area contributed by atoms with Crippen LogP contribution in [0.4, 0.5) is 4.39 Å². The summed E-state index contributed by atoms with van der Waals surface area (Å²) in [6, 6.07) is 10.9. The van der Waals surface area contributed by atoms with Crippen molar-refractivity contribution in [1.29, 1.82) is 0 Å². The molecule has 0 aliphatic rings. The Morgan fingerprint density at radius 2 is 2.00 bits per heavy atom. The van der Waals surface area contributed by atoms with Crippen molar-refractivity contribution < 1.29 is 14.3 Å². The molecule has 2 N–H and O–H groups in total. The fraction of sp³-hybridized carbons (Fsp3) is 0.0714. The first-order chi connectivity index (χ1) is 9.08. The molecular weight excluding hydrogens is 313 g/mol. The highest BCUT2D eigenvalue weighted by Gasteiger charge is 2.12. The first-order valence-electron chi connectivity index (χ1n) is 5.58. The molecule has 0 atom stereocenters. The zero-order chi connectivity index (χ0) is 13.8. The maximum Gasteiger partial charge on any atom is 0.254 e. The molecule has 1 amide bonds. The zero-order valence-corrected chi connectivity index (χ0v) is 11.4. The molecule has 0 radical (unpaired) electrons. The Hall–Kier alpha value is -1.88. The van der Waals surface area contributed by atoms with Gasteiger partial charge in [-0.2, -0.15) is 0 Å². The van der Waals surface area contributed by atoms with Crippen LogP contribution in [0.25, 0.3) is 0 Å². The first-order valence-corrected chi connectivity index (χ1v) is 6.37. The van der Waals surface area contributed by atoms with Gasteiger partial charge in [0, 0.05) is 16.6 Å². The third-order valence-corrected chi connectivity index (χ3v) is 3.10. The second kappa shape index (κ2) is 5.84. The van der Waals surface area contributed by atoms with Gasteiger partial charge < -0.3 is 10.4 Å². The van der Waals surface area contributed by atoms with Gasteiger partial charge in [0.2, 0.25) is 0 Å². The van der Waals surface area contributed by atoms with Gasteiger partial charge >= 0.3 is 0 Å². The van der Waals surface area contributed by atoms with Gasteiger partial charge in [0.05, 0.1) is 5.56 Å². The average Bonchev–Trinajstić information content (AvgIpc) is 2.37. The average molecular weight is 324 g/mol. The number of nitrogens with one attached hydrogen (secondary N) is 1. The van der Waals surface area contributed by atoms with Crippen LogP contribution in [-0.4, -0.2) is 11.0 Å². The molecule has 2 rings (SSSR count). The number of phenols is 1. The minimum atomic E-state index is -0.593. The van der Waals surface area contributed by atoms with Crippen LogP contribution in [0.3, 0.4) is 0 Å². The SMILES string of the molecule is O=C(NCc1ccccc1O)c1ccc(Br)cc1F. The lowest BCUT2D eigenvalue weighted by molar-refractivity contribution is 0.0946. The maximum atomic E-state index is 13.6. The third-order valence-electron chi connectivity index (χ3n) is 2.61. The number of amides is 1. The summed E-state index contributed by atoms with van der Waals surface area (Å²) in [5, 5.41) is 12.1. The summed E-state index contributed by atoms with van der Waals surface area (Å²) in [4.78, 5) is 11.8. The lowest BCUT2D eigenvalue weighted by Gasteiger charge is -2.07. The number of rotatable bonds is 3. The van der Waals surface area contributed by atoms with Crippen LogP contribution in [0.2, 0.25) is 0 Å². The molecule has 19 heavy (non-hydrogen) atoms. The van der Waals surface area contributed by atoms with Crippen molar-refractivity contribution in [3.63, 3.8) is 0 Å². The predicted molar refractivity (Wildman–Crippen MR) is 73.4 cm³/mol. The van der Waals surface area contributed by atoms with E-state index >= 15 is 0 Å². The van der Waals surface area contributed by atoms with Gasteiger partial charge in [0.1, 0.15) is 11.6 Å². The van der Waals surface area contributed by atoms with Gasteiger partial charge in [0.15, 0.2) is 0 Å². The molecular formula is C14H11BrFNO2. The topological polar surface area (TPSA) is 49.3 Å². The van der Waals surface area contributed by atoms with E-state index in [1.807, 2.05) is 0 Å². The molecule has 0 bridgehead atoms. The number of carbonyl (C=O) groups is 1. The van der Waals surface area contributed by atoms with E-state index in [9.17, 15) is 14.3 Å². The van der Waals surface area contributed by atoms with E-state index in [2.05, 4.69) is 21.2 Å². The second-order valence-corrected chi connectivity index (χ2v) is 4.85. The van der Waals surface area contributed by atoms with Crippen LogP contribution in [0, 0.1) is 5.82 Å². The fourth-order valence-electron chi connectivity index (χ4n) is 1.60. The van der Waals surface area contributed by atoms with Crippen molar-refractivity contribution in [2.24, 2.45) is 0 Å². The lowest BCUT2D eigenvalue weighted by atomic mass is 10.1. The molecule has 0 unspecified atom stereocenters. The number of phenolic OH excluding ortho intramolecular Hbond substituents is 1. The third kappa shape index (κ3) is 3.32. The van der Waals surface area contributed by atoms with Crippen LogP contribution < -0.4 is 5.32 Å². The van der Waals surface area contributed by atoms with E-state index in [1.54, 1.807) is 24.3 Å². The van der Waals surface area contributed by atoms with Crippen LogP contribution in [-0.2, 0) is 6.54 Å². The summed E-state index contributed by atoms with van der Waals surface area (Å²) in [5.41, 5.74) is 0.548. The number of para-hydroxylation sites is 1. The molecule has 0 saturated heterocycles. The van der Waals surface area contributed by atoms with E-state index in [1.165, 1.54) is 18.2 Å². The van der Waals surface area contributed by atoms with E-state index in [4.69, 9.17) is 0 Å². The zero-order valence-electron chi connectivity index (χ0n) is 9.86. The molecule has 0 spiro atoms. The molecule has 0 aromatic heterocycles. The van der Waals surface area contributed by atoms with Crippen LogP contribution in [0.1, 0.15) is 15.9 Å². The summed E-state index contributed by atoms with van der Waals surface area (Å²) in [5.74, 6) is -1.02.